The number of urea groups is 1. The van der Waals surface area contributed by atoms with Gasteiger partial charge in [-0.05, 0) is 6.92 Å². The largest absolute Gasteiger partial charge is 0.480 e. The Kier molecular flexibility index (Phi) is 4.46. The van der Waals surface area contributed by atoms with Crippen LogP contribution in [0.2, 0.25) is 0 Å². The Balaban J connectivity index is 2.07. The lowest BCUT2D eigenvalue weighted by Gasteiger charge is -2.38. The van der Waals surface area contributed by atoms with Gasteiger partial charge < -0.3 is 29.9 Å². The summed E-state index contributed by atoms with van der Waals surface area (Å²) in [6.07, 6.45) is -1.45. The molecule has 0 aliphatic carbocycles. The summed E-state index contributed by atoms with van der Waals surface area (Å²) in [6, 6.07) is -1.43. The first-order chi connectivity index (χ1) is 9.42. The number of carboxylic acid groups (broad SMARTS) is 1. The fourth-order valence-electron chi connectivity index (χ4n) is 2.74. The summed E-state index contributed by atoms with van der Waals surface area (Å²) in [6.45, 7) is 2.17. The van der Waals surface area contributed by atoms with E-state index in [-0.39, 0.29) is 32.2 Å². The van der Waals surface area contributed by atoms with E-state index in [1.165, 1.54) is 9.80 Å². The molecule has 3 N–H and O–H groups in total. The third kappa shape index (κ3) is 3.02. The van der Waals surface area contributed by atoms with Gasteiger partial charge in [0.05, 0.1) is 31.5 Å². The second-order valence-corrected chi connectivity index (χ2v) is 5.33. The molecular formula is C12H20N2O6. The monoisotopic (exact) mass is 288 g/mol. The van der Waals surface area contributed by atoms with E-state index >= 15 is 0 Å². The number of morpholine rings is 1. The molecule has 114 valence electrons. The molecule has 4 atom stereocenters. The zero-order valence-corrected chi connectivity index (χ0v) is 11.3. The first kappa shape index (κ1) is 15.0. The molecule has 8 nitrogen and oxygen atoms in total. The minimum atomic E-state index is -1.12. The summed E-state index contributed by atoms with van der Waals surface area (Å²) < 4.78 is 5.45. The fraction of sp³-hybridized carbons (Fsp3) is 0.833. The number of rotatable bonds is 2. The number of likely N-dealkylation sites (tertiary alicyclic amines) is 1. The van der Waals surface area contributed by atoms with Crippen LogP contribution in [-0.2, 0) is 9.53 Å². The first-order valence-electron chi connectivity index (χ1n) is 6.65. The Bertz CT molecular complexity index is 390. The molecule has 0 radical (unpaired) electrons. The molecule has 20 heavy (non-hydrogen) atoms. The van der Waals surface area contributed by atoms with Gasteiger partial charge in [0.25, 0.3) is 0 Å². The molecule has 0 spiro atoms. The van der Waals surface area contributed by atoms with Gasteiger partial charge in [-0.15, -0.1) is 0 Å². The van der Waals surface area contributed by atoms with E-state index in [2.05, 4.69) is 0 Å². The van der Waals surface area contributed by atoms with Gasteiger partial charge in [-0.25, -0.2) is 9.59 Å². The van der Waals surface area contributed by atoms with Crippen molar-refractivity contribution >= 4 is 12.0 Å². The normalized spacial score (nSPS) is 34.4. The molecule has 0 aromatic rings. The second kappa shape index (κ2) is 5.94. The fourth-order valence-corrected chi connectivity index (χ4v) is 2.74. The predicted molar refractivity (Wildman–Crippen MR) is 67.1 cm³/mol. The van der Waals surface area contributed by atoms with E-state index in [9.17, 15) is 14.7 Å². The SMILES string of the molecule is CC1CN(C(=O)N2C[C@H](O)C[C@@H]2C(=O)O)CC(CO)O1. The van der Waals surface area contributed by atoms with Crippen molar-refractivity contribution in [3.63, 3.8) is 0 Å². The van der Waals surface area contributed by atoms with E-state index in [4.69, 9.17) is 14.9 Å². The molecule has 8 heteroatoms. The lowest BCUT2D eigenvalue weighted by Crippen LogP contribution is -2.56. The number of aliphatic hydroxyl groups is 2. The van der Waals surface area contributed by atoms with Gasteiger partial charge in [0, 0.05) is 19.5 Å². The van der Waals surface area contributed by atoms with E-state index in [1.807, 2.05) is 0 Å². The number of ether oxygens (including phenoxy) is 1. The number of β-amino-alcohol motifs (C(OH)–C–C–N with tert-alkyl or cyclic N) is 1. The maximum atomic E-state index is 12.4. The Morgan fingerprint density at radius 2 is 2.00 bits per heavy atom. The van der Waals surface area contributed by atoms with Crippen LogP contribution >= 0.6 is 0 Å². The lowest BCUT2D eigenvalue weighted by atomic mass is 10.2. The van der Waals surface area contributed by atoms with Crippen molar-refractivity contribution in [2.24, 2.45) is 0 Å². The highest BCUT2D eigenvalue weighted by Crippen LogP contribution is 2.22. The highest BCUT2D eigenvalue weighted by atomic mass is 16.5. The van der Waals surface area contributed by atoms with Crippen LogP contribution in [0.1, 0.15) is 13.3 Å². The molecule has 2 saturated heterocycles. The molecule has 2 amide bonds. The topological polar surface area (TPSA) is 111 Å². The van der Waals surface area contributed by atoms with E-state index in [0.29, 0.717) is 6.54 Å². The van der Waals surface area contributed by atoms with Crippen molar-refractivity contribution in [1.29, 1.82) is 0 Å². The number of hydrogen-bond donors (Lipinski definition) is 3. The van der Waals surface area contributed by atoms with Crippen molar-refractivity contribution in [2.45, 2.75) is 37.7 Å². The zero-order valence-electron chi connectivity index (χ0n) is 11.3. The van der Waals surface area contributed by atoms with E-state index in [0.717, 1.165) is 0 Å². The van der Waals surface area contributed by atoms with Gasteiger partial charge in [-0.1, -0.05) is 0 Å². The second-order valence-electron chi connectivity index (χ2n) is 5.33. The molecule has 0 saturated carbocycles. The summed E-state index contributed by atoms with van der Waals surface area (Å²) >= 11 is 0. The molecule has 2 fully saturated rings. The van der Waals surface area contributed by atoms with Crippen LogP contribution in [0.3, 0.4) is 0 Å². The summed E-state index contributed by atoms with van der Waals surface area (Å²) in [5, 5.41) is 27.8. The number of aliphatic carboxylic acids is 1. The van der Waals surface area contributed by atoms with Gasteiger partial charge in [0.2, 0.25) is 0 Å². The molecular weight excluding hydrogens is 268 g/mol. The van der Waals surface area contributed by atoms with Crippen LogP contribution in [-0.4, -0.2) is 87.7 Å². The predicted octanol–water partition coefficient (Wildman–Crippen LogP) is -1.29. The van der Waals surface area contributed by atoms with Gasteiger partial charge in [-0.3, -0.25) is 0 Å². The van der Waals surface area contributed by atoms with Crippen molar-refractivity contribution in [2.75, 3.05) is 26.2 Å². The number of carboxylic acids is 1. The summed E-state index contributed by atoms with van der Waals surface area (Å²) in [4.78, 5) is 26.2. The van der Waals surface area contributed by atoms with Crippen molar-refractivity contribution in [3.05, 3.63) is 0 Å². The lowest BCUT2D eigenvalue weighted by molar-refractivity contribution is -0.141. The van der Waals surface area contributed by atoms with Crippen LogP contribution in [0.5, 0.6) is 0 Å². The van der Waals surface area contributed by atoms with E-state index < -0.39 is 30.3 Å². The number of carbonyl (C=O) groups excluding carboxylic acids is 1. The van der Waals surface area contributed by atoms with Gasteiger partial charge in [-0.2, -0.15) is 0 Å². The van der Waals surface area contributed by atoms with Crippen LogP contribution in [0.25, 0.3) is 0 Å². The Morgan fingerprint density at radius 3 is 2.60 bits per heavy atom. The van der Waals surface area contributed by atoms with Crippen molar-refractivity contribution in [3.8, 4) is 0 Å². The van der Waals surface area contributed by atoms with Crippen LogP contribution in [0.15, 0.2) is 0 Å². The van der Waals surface area contributed by atoms with Gasteiger partial charge in [0.15, 0.2) is 0 Å². The van der Waals surface area contributed by atoms with Gasteiger partial charge in [0.1, 0.15) is 6.04 Å². The Labute approximate surface area is 116 Å². The molecule has 2 aliphatic rings. The first-order valence-corrected chi connectivity index (χ1v) is 6.65. The highest BCUT2D eigenvalue weighted by Gasteiger charge is 2.42. The average Bonchev–Trinajstić information content (AvgIpc) is 2.79. The summed E-state index contributed by atoms with van der Waals surface area (Å²) in [5.41, 5.74) is 0. The molecule has 0 bridgehead atoms. The highest BCUT2D eigenvalue weighted by molar-refractivity contribution is 5.83. The summed E-state index contributed by atoms with van der Waals surface area (Å²) in [5.74, 6) is -1.12. The minimum absolute atomic E-state index is 0.0192. The Morgan fingerprint density at radius 1 is 1.30 bits per heavy atom. The van der Waals surface area contributed by atoms with E-state index in [1.54, 1.807) is 6.92 Å². The van der Waals surface area contributed by atoms with Crippen LogP contribution < -0.4 is 0 Å². The molecule has 0 aromatic heterocycles. The number of hydrogen-bond acceptors (Lipinski definition) is 5. The smallest absolute Gasteiger partial charge is 0.326 e. The maximum absolute atomic E-state index is 12.4. The third-order valence-electron chi connectivity index (χ3n) is 3.61. The molecule has 0 aromatic carbocycles. The number of nitrogens with zero attached hydrogens (tertiary/aromatic N) is 2. The molecule has 2 aliphatic heterocycles. The number of aliphatic hydroxyl groups excluding tert-OH is 2. The molecule has 2 rings (SSSR count). The summed E-state index contributed by atoms with van der Waals surface area (Å²) in [7, 11) is 0. The van der Waals surface area contributed by atoms with Crippen molar-refractivity contribution in [1.82, 2.24) is 9.80 Å². The zero-order chi connectivity index (χ0) is 14.9. The average molecular weight is 288 g/mol. The van der Waals surface area contributed by atoms with Gasteiger partial charge >= 0.3 is 12.0 Å². The van der Waals surface area contributed by atoms with Crippen LogP contribution in [0.4, 0.5) is 4.79 Å². The number of carbonyl (C=O) groups is 2. The van der Waals surface area contributed by atoms with Crippen molar-refractivity contribution < 1.29 is 29.6 Å². The van der Waals surface area contributed by atoms with Crippen LogP contribution in [0, 0.1) is 0 Å². The molecule has 2 heterocycles. The third-order valence-corrected chi connectivity index (χ3v) is 3.61. The quantitative estimate of drug-likeness (QED) is 0.583. The standard InChI is InChI=1S/C12H20N2O6/c1-7-3-13(5-9(6-15)20-7)12(19)14-4-8(16)2-10(14)11(17)18/h7-10,15-16H,2-6H2,1H3,(H,17,18)/t7?,8-,9?,10-/m1/s1. The molecule has 2 unspecified atom stereocenters. The number of amides is 2. The minimum Gasteiger partial charge on any atom is -0.480 e. The maximum Gasteiger partial charge on any atom is 0.326 e. The Hall–Kier alpha value is -1.38.